The zero-order valence-corrected chi connectivity index (χ0v) is 11.0. The topological polar surface area (TPSA) is 3.24 Å². The van der Waals surface area contributed by atoms with E-state index in [-0.39, 0.29) is 0 Å². The molecule has 1 heterocycles. The standard InChI is InChI=1S/C15H23N/c1-11(2)16-8-7-15(10-16)14-6-5-12(3)13(4)9-14/h5-6,9,11,15H,7-8,10H2,1-4H3. The fourth-order valence-corrected chi connectivity index (χ4v) is 2.55. The number of aryl methyl sites for hydroxylation is 2. The maximum absolute atomic E-state index is 2.58. The number of hydrogen-bond acceptors (Lipinski definition) is 1. The van der Waals surface area contributed by atoms with E-state index in [0.717, 1.165) is 5.92 Å². The second-order valence-electron chi connectivity index (χ2n) is 5.42. The highest BCUT2D eigenvalue weighted by atomic mass is 15.2. The lowest BCUT2D eigenvalue weighted by Crippen LogP contribution is -2.27. The van der Waals surface area contributed by atoms with E-state index in [1.54, 1.807) is 0 Å². The van der Waals surface area contributed by atoms with Crippen LogP contribution in [0.25, 0.3) is 0 Å². The minimum Gasteiger partial charge on any atom is -0.300 e. The second-order valence-corrected chi connectivity index (χ2v) is 5.42. The van der Waals surface area contributed by atoms with Gasteiger partial charge in [0.15, 0.2) is 0 Å². The van der Waals surface area contributed by atoms with E-state index in [0.29, 0.717) is 6.04 Å². The average molecular weight is 217 g/mol. The molecule has 0 spiro atoms. The van der Waals surface area contributed by atoms with Crippen LogP contribution in [0.1, 0.15) is 42.9 Å². The molecule has 0 aromatic heterocycles. The molecule has 0 radical (unpaired) electrons. The first-order valence-electron chi connectivity index (χ1n) is 6.39. The Kier molecular flexibility index (Phi) is 3.34. The van der Waals surface area contributed by atoms with Gasteiger partial charge in [0.05, 0.1) is 0 Å². The third-order valence-electron chi connectivity index (χ3n) is 3.95. The Balaban J connectivity index is 2.11. The van der Waals surface area contributed by atoms with Crippen molar-refractivity contribution in [3.05, 3.63) is 34.9 Å². The van der Waals surface area contributed by atoms with E-state index in [4.69, 9.17) is 0 Å². The fourth-order valence-electron chi connectivity index (χ4n) is 2.55. The van der Waals surface area contributed by atoms with Crippen molar-refractivity contribution < 1.29 is 0 Å². The molecule has 1 saturated heterocycles. The van der Waals surface area contributed by atoms with Crippen molar-refractivity contribution in [2.45, 2.75) is 46.1 Å². The summed E-state index contributed by atoms with van der Waals surface area (Å²) < 4.78 is 0. The predicted molar refractivity (Wildman–Crippen MR) is 70.0 cm³/mol. The van der Waals surface area contributed by atoms with Crippen molar-refractivity contribution in [3.63, 3.8) is 0 Å². The summed E-state index contributed by atoms with van der Waals surface area (Å²) in [6.07, 6.45) is 1.32. The molecule has 0 saturated carbocycles. The number of benzene rings is 1. The first-order chi connectivity index (χ1) is 7.58. The van der Waals surface area contributed by atoms with Gasteiger partial charge in [-0.05, 0) is 63.3 Å². The summed E-state index contributed by atoms with van der Waals surface area (Å²) in [6, 6.07) is 7.65. The summed E-state index contributed by atoms with van der Waals surface area (Å²) in [4.78, 5) is 2.58. The Bertz CT molecular complexity index is 368. The Morgan fingerprint density at radius 2 is 1.94 bits per heavy atom. The Morgan fingerprint density at radius 1 is 1.19 bits per heavy atom. The summed E-state index contributed by atoms with van der Waals surface area (Å²) in [5.74, 6) is 0.752. The normalized spacial score (nSPS) is 21.9. The van der Waals surface area contributed by atoms with Crippen LogP contribution in [0.3, 0.4) is 0 Å². The third-order valence-corrected chi connectivity index (χ3v) is 3.95. The van der Waals surface area contributed by atoms with Crippen LogP contribution < -0.4 is 0 Å². The summed E-state index contributed by atoms with van der Waals surface area (Å²) >= 11 is 0. The molecule has 1 nitrogen and oxygen atoms in total. The van der Waals surface area contributed by atoms with Crippen LogP contribution in [0.2, 0.25) is 0 Å². The molecule has 1 aromatic carbocycles. The largest absolute Gasteiger partial charge is 0.300 e. The highest BCUT2D eigenvalue weighted by Crippen LogP contribution is 2.29. The smallest absolute Gasteiger partial charge is 0.00535 e. The predicted octanol–water partition coefficient (Wildman–Crippen LogP) is 3.50. The van der Waals surface area contributed by atoms with Crippen LogP contribution in [-0.4, -0.2) is 24.0 Å². The Labute approximate surface area is 99.5 Å². The van der Waals surface area contributed by atoms with Gasteiger partial charge in [-0.25, -0.2) is 0 Å². The molecule has 88 valence electrons. The fraction of sp³-hybridized carbons (Fsp3) is 0.600. The molecule has 0 amide bonds. The Morgan fingerprint density at radius 3 is 2.50 bits per heavy atom. The minimum absolute atomic E-state index is 0.691. The van der Waals surface area contributed by atoms with E-state index in [1.807, 2.05) is 0 Å². The number of rotatable bonds is 2. The lowest BCUT2D eigenvalue weighted by atomic mass is 9.95. The van der Waals surface area contributed by atoms with E-state index in [1.165, 1.54) is 36.2 Å². The van der Waals surface area contributed by atoms with E-state index < -0.39 is 0 Å². The lowest BCUT2D eigenvalue weighted by molar-refractivity contribution is 0.272. The quantitative estimate of drug-likeness (QED) is 0.733. The summed E-state index contributed by atoms with van der Waals surface area (Å²) in [6.45, 7) is 11.5. The summed E-state index contributed by atoms with van der Waals surface area (Å²) in [5, 5.41) is 0. The summed E-state index contributed by atoms with van der Waals surface area (Å²) in [5.41, 5.74) is 4.37. The van der Waals surface area contributed by atoms with Crippen molar-refractivity contribution in [3.8, 4) is 0 Å². The molecule has 0 aliphatic carbocycles. The average Bonchev–Trinajstić information content (AvgIpc) is 2.71. The maximum atomic E-state index is 2.58. The van der Waals surface area contributed by atoms with Gasteiger partial charge >= 0.3 is 0 Å². The molecule has 1 atom stereocenters. The summed E-state index contributed by atoms with van der Waals surface area (Å²) in [7, 11) is 0. The molecule has 2 rings (SSSR count). The number of hydrogen-bond donors (Lipinski definition) is 0. The van der Waals surface area contributed by atoms with Gasteiger partial charge in [0.25, 0.3) is 0 Å². The highest BCUT2D eigenvalue weighted by Gasteiger charge is 2.25. The van der Waals surface area contributed by atoms with Gasteiger partial charge in [0, 0.05) is 12.6 Å². The van der Waals surface area contributed by atoms with E-state index >= 15 is 0 Å². The van der Waals surface area contributed by atoms with Crippen LogP contribution >= 0.6 is 0 Å². The molecule has 1 heteroatoms. The molecule has 0 N–H and O–H groups in total. The van der Waals surface area contributed by atoms with Crippen molar-refractivity contribution >= 4 is 0 Å². The van der Waals surface area contributed by atoms with Gasteiger partial charge in [-0.3, -0.25) is 0 Å². The first-order valence-corrected chi connectivity index (χ1v) is 6.39. The van der Waals surface area contributed by atoms with Gasteiger partial charge in [-0.1, -0.05) is 18.2 Å². The number of likely N-dealkylation sites (tertiary alicyclic amines) is 1. The Hall–Kier alpha value is -0.820. The molecule has 1 aliphatic rings. The molecular formula is C15H23N. The van der Waals surface area contributed by atoms with Crippen LogP contribution in [0, 0.1) is 13.8 Å². The highest BCUT2D eigenvalue weighted by molar-refractivity contribution is 5.32. The van der Waals surface area contributed by atoms with Crippen molar-refractivity contribution in [1.29, 1.82) is 0 Å². The molecule has 1 aromatic rings. The van der Waals surface area contributed by atoms with Crippen molar-refractivity contribution in [2.24, 2.45) is 0 Å². The van der Waals surface area contributed by atoms with Crippen LogP contribution in [0.5, 0.6) is 0 Å². The minimum atomic E-state index is 0.691. The van der Waals surface area contributed by atoms with Gasteiger partial charge in [-0.2, -0.15) is 0 Å². The van der Waals surface area contributed by atoms with Crippen LogP contribution in [-0.2, 0) is 0 Å². The molecular weight excluding hydrogens is 194 g/mol. The molecule has 16 heavy (non-hydrogen) atoms. The van der Waals surface area contributed by atoms with E-state index in [2.05, 4.69) is 50.8 Å². The van der Waals surface area contributed by atoms with Gasteiger partial charge in [0.2, 0.25) is 0 Å². The second kappa shape index (κ2) is 4.58. The monoisotopic (exact) mass is 217 g/mol. The lowest BCUT2D eigenvalue weighted by Gasteiger charge is -2.20. The van der Waals surface area contributed by atoms with Crippen LogP contribution in [0.15, 0.2) is 18.2 Å². The zero-order valence-electron chi connectivity index (χ0n) is 11.0. The van der Waals surface area contributed by atoms with Gasteiger partial charge in [-0.15, -0.1) is 0 Å². The maximum Gasteiger partial charge on any atom is 0.00535 e. The molecule has 1 unspecified atom stereocenters. The van der Waals surface area contributed by atoms with Gasteiger partial charge in [0.1, 0.15) is 0 Å². The van der Waals surface area contributed by atoms with Crippen molar-refractivity contribution in [2.75, 3.05) is 13.1 Å². The first kappa shape index (κ1) is 11.7. The SMILES string of the molecule is Cc1ccc(C2CCN(C(C)C)C2)cc1C. The molecule has 1 fully saturated rings. The zero-order chi connectivity index (χ0) is 11.7. The molecule has 1 aliphatic heterocycles. The van der Waals surface area contributed by atoms with Crippen molar-refractivity contribution in [1.82, 2.24) is 4.90 Å². The van der Waals surface area contributed by atoms with Gasteiger partial charge < -0.3 is 4.90 Å². The number of nitrogens with zero attached hydrogens (tertiary/aromatic N) is 1. The molecule has 0 bridgehead atoms. The third kappa shape index (κ3) is 2.30. The van der Waals surface area contributed by atoms with E-state index in [9.17, 15) is 0 Å². The van der Waals surface area contributed by atoms with Crippen LogP contribution in [0.4, 0.5) is 0 Å².